The Balaban J connectivity index is 3.01. The summed E-state index contributed by atoms with van der Waals surface area (Å²) in [6.07, 6.45) is 0.639. The van der Waals surface area contributed by atoms with Gasteiger partial charge in [0.1, 0.15) is 0 Å². The third-order valence-corrected chi connectivity index (χ3v) is 4.06. The second-order valence-corrected chi connectivity index (χ2v) is 9.61. The fourth-order valence-corrected chi connectivity index (χ4v) is 3.25. The average Bonchev–Trinajstić information content (AvgIpc) is 2.39. The Morgan fingerprint density at radius 2 is 1.32 bits per heavy atom. The number of aliphatic hydroxyl groups is 1. The predicted octanol–water partition coefficient (Wildman–Crippen LogP) is 4.26. The van der Waals surface area contributed by atoms with Crippen LogP contribution in [0.2, 0.25) is 0 Å². The van der Waals surface area contributed by atoms with E-state index in [2.05, 4.69) is 62.3 Å². The second-order valence-electron chi connectivity index (χ2n) is 9.61. The van der Waals surface area contributed by atoms with E-state index in [0.717, 1.165) is 6.42 Å². The smallest absolute Gasteiger partial charge is 0.0860 e. The highest BCUT2D eigenvalue weighted by Gasteiger charge is 2.52. The summed E-state index contributed by atoms with van der Waals surface area (Å²) in [7, 11) is 0. The molecule has 19 heavy (non-hydrogen) atoms. The van der Waals surface area contributed by atoms with Crippen molar-refractivity contribution in [3.8, 4) is 0 Å². The van der Waals surface area contributed by atoms with Gasteiger partial charge in [-0.25, -0.2) is 0 Å². The van der Waals surface area contributed by atoms with Crippen molar-refractivity contribution in [3.05, 3.63) is 0 Å². The molecular formula is C17H34O2. The van der Waals surface area contributed by atoms with Crippen LogP contribution >= 0.6 is 0 Å². The first kappa shape index (κ1) is 17.0. The van der Waals surface area contributed by atoms with Crippen LogP contribution in [0.1, 0.15) is 68.7 Å². The molecule has 0 spiro atoms. The molecule has 2 heteroatoms. The Hall–Kier alpha value is -0.0800. The highest BCUT2D eigenvalue weighted by Crippen LogP contribution is 2.48. The van der Waals surface area contributed by atoms with E-state index in [1.54, 1.807) is 0 Å². The Morgan fingerprint density at radius 3 is 1.58 bits per heavy atom. The lowest BCUT2D eigenvalue weighted by Crippen LogP contribution is -2.42. The highest BCUT2D eigenvalue weighted by molar-refractivity contribution is 5.00. The lowest BCUT2D eigenvalue weighted by atomic mass is 9.68. The van der Waals surface area contributed by atoms with E-state index in [0.29, 0.717) is 0 Å². The molecule has 1 aliphatic heterocycles. The summed E-state index contributed by atoms with van der Waals surface area (Å²) in [5.41, 5.74) is 0.302. The van der Waals surface area contributed by atoms with Gasteiger partial charge in [-0.1, -0.05) is 62.3 Å². The Kier molecular flexibility index (Phi) is 4.50. The number of hydrogen-bond acceptors (Lipinski definition) is 2. The van der Waals surface area contributed by atoms with Crippen LogP contribution < -0.4 is 0 Å². The molecule has 1 aliphatic rings. The van der Waals surface area contributed by atoms with Crippen LogP contribution in [-0.4, -0.2) is 23.4 Å². The van der Waals surface area contributed by atoms with Crippen molar-refractivity contribution >= 4 is 0 Å². The van der Waals surface area contributed by atoms with Crippen LogP contribution in [0.25, 0.3) is 0 Å². The molecule has 2 nitrogen and oxygen atoms in total. The minimum atomic E-state index is -0.358. The van der Waals surface area contributed by atoms with Crippen molar-refractivity contribution in [1.82, 2.24) is 0 Å². The van der Waals surface area contributed by atoms with E-state index >= 15 is 0 Å². The lowest BCUT2D eigenvalue weighted by Gasteiger charge is -2.39. The molecule has 1 unspecified atom stereocenters. The molecule has 1 N–H and O–H groups in total. The number of rotatable bonds is 1. The maximum absolute atomic E-state index is 10.8. The second kappa shape index (κ2) is 5.04. The van der Waals surface area contributed by atoms with Gasteiger partial charge in [0, 0.05) is 5.92 Å². The van der Waals surface area contributed by atoms with Gasteiger partial charge >= 0.3 is 0 Å². The van der Waals surface area contributed by atoms with E-state index in [9.17, 15) is 5.11 Å². The summed E-state index contributed by atoms with van der Waals surface area (Å²) in [5, 5.41) is 10.8. The molecular weight excluding hydrogens is 236 g/mol. The Bertz CT molecular complexity index is 301. The van der Waals surface area contributed by atoms with Gasteiger partial charge in [-0.3, -0.25) is 0 Å². The molecule has 1 saturated heterocycles. The Morgan fingerprint density at radius 1 is 0.842 bits per heavy atom. The van der Waals surface area contributed by atoms with E-state index in [4.69, 9.17) is 4.74 Å². The molecule has 0 aliphatic carbocycles. The molecule has 0 radical (unpaired) electrons. The predicted molar refractivity (Wildman–Crippen MR) is 81.1 cm³/mol. The molecule has 0 amide bonds. The van der Waals surface area contributed by atoms with Crippen LogP contribution in [0.5, 0.6) is 0 Å². The zero-order valence-electron chi connectivity index (χ0n) is 14.4. The largest absolute Gasteiger partial charge is 0.390 e. The van der Waals surface area contributed by atoms with Crippen molar-refractivity contribution in [1.29, 1.82) is 0 Å². The first-order valence-electron chi connectivity index (χ1n) is 7.57. The van der Waals surface area contributed by atoms with Crippen LogP contribution in [0.4, 0.5) is 0 Å². The monoisotopic (exact) mass is 270 g/mol. The van der Waals surface area contributed by atoms with Crippen molar-refractivity contribution in [3.63, 3.8) is 0 Å². The zero-order chi connectivity index (χ0) is 15.2. The molecule has 1 rings (SSSR count). The van der Waals surface area contributed by atoms with Gasteiger partial charge in [-0.15, -0.1) is 0 Å². The summed E-state index contributed by atoms with van der Waals surface area (Å²) in [5.74, 6) is 0.194. The van der Waals surface area contributed by atoms with E-state index < -0.39 is 0 Å². The molecule has 0 bridgehead atoms. The van der Waals surface area contributed by atoms with Crippen LogP contribution in [0, 0.1) is 22.2 Å². The van der Waals surface area contributed by atoms with E-state index in [1.165, 1.54) is 0 Å². The van der Waals surface area contributed by atoms with Crippen molar-refractivity contribution in [2.24, 2.45) is 22.2 Å². The number of ether oxygens (including phenoxy) is 1. The SMILES string of the molecule is CC(C)(C)C[C@H]1O[C@@H](C(C)(C)C)C(C(C)(C)C)[C@H]1O. The first-order valence-corrected chi connectivity index (χ1v) is 7.57. The molecule has 114 valence electrons. The van der Waals surface area contributed by atoms with Crippen LogP contribution in [0.15, 0.2) is 0 Å². The molecule has 0 aromatic rings. The fourth-order valence-electron chi connectivity index (χ4n) is 3.25. The summed E-state index contributed by atoms with van der Waals surface area (Å²) < 4.78 is 6.30. The number of aliphatic hydroxyl groups excluding tert-OH is 1. The summed E-state index contributed by atoms with van der Waals surface area (Å²) in [6, 6.07) is 0. The first-order chi connectivity index (χ1) is 8.23. The normalized spacial score (nSPS) is 33.8. The van der Waals surface area contributed by atoms with Crippen molar-refractivity contribution in [2.45, 2.75) is 87.0 Å². The quantitative estimate of drug-likeness (QED) is 0.771. The zero-order valence-corrected chi connectivity index (χ0v) is 14.4. The topological polar surface area (TPSA) is 29.5 Å². The van der Waals surface area contributed by atoms with Crippen molar-refractivity contribution in [2.75, 3.05) is 0 Å². The van der Waals surface area contributed by atoms with Gasteiger partial charge in [0.05, 0.1) is 18.3 Å². The number of hydrogen-bond donors (Lipinski definition) is 1. The minimum Gasteiger partial charge on any atom is -0.390 e. The molecule has 0 aromatic heterocycles. The summed E-state index contributed by atoms with van der Waals surface area (Å²) in [4.78, 5) is 0. The van der Waals surface area contributed by atoms with Gasteiger partial charge in [0.2, 0.25) is 0 Å². The fraction of sp³-hybridized carbons (Fsp3) is 1.00. The third kappa shape index (κ3) is 4.19. The minimum absolute atomic E-state index is 0.0338. The third-order valence-electron chi connectivity index (χ3n) is 4.06. The molecule has 0 aromatic carbocycles. The van der Waals surface area contributed by atoms with Gasteiger partial charge in [-0.2, -0.15) is 0 Å². The van der Waals surface area contributed by atoms with Gasteiger partial charge in [0.25, 0.3) is 0 Å². The van der Waals surface area contributed by atoms with E-state index in [1.807, 2.05) is 0 Å². The highest BCUT2D eigenvalue weighted by atomic mass is 16.5. The van der Waals surface area contributed by atoms with Crippen LogP contribution in [-0.2, 0) is 4.74 Å². The molecule has 0 saturated carbocycles. The maximum Gasteiger partial charge on any atom is 0.0860 e. The lowest BCUT2D eigenvalue weighted by molar-refractivity contribution is -0.0563. The molecule has 1 heterocycles. The van der Waals surface area contributed by atoms with Gasteiger partial charge in [0.15, 0.2) is 0 Å². The average molecular weight is 270 g/mol. The summed E-state index contributed by atoms with van der Waals surface area (Å²) in [6.45, 7) is 19.9. The van der Waals surface area contributed by atoms with E-state index in [-0.39, 0.29) is 40.5 Å². The van der Waals surface area contributed by atoms with Crippen LogP contribution in [0.3, 0.4) is 0 Å². The van der Waals surface area contributed by atoms with Crippen molar-refractivity contribution < 1.29 is 9.84 Å². The van der Waals surface area contributed by atoms with Gasteiger partial charge in [-0.05, 0) is 22.7 Å². The standard InChI is InChI=1S/C17H34O2/c1-15(2,3)10-11-13(18)12(16(4,5)6)14(19-11)17(7,8)9/h11-14,18H,10H2,1-9H3/t11-,12?,13+,14-/m1/s1. The Labute approximate surface area is 119 Å². The molecule has 4 atom stereocenters. The maximum atomic E-state index is 10.8. The summed E-state index contributed by atoms with van der Waals surface area (Å²) >= 11 is 0. The molecule has 1 fully saturated rings. The van der Waals surface area contributed by atoms with Gasteiger partial charge < -0.3 is 9.84 Å².